The zero-order chi connectivity index (χ0) is 13.6. The van der Waals surface area contributed by atoms with Gasteiger partial charge in [-0.05, 0) is 33.6 Å². The molecule has 0 aromatic heterocycles. The molecule has 4 nitrogen and oxygen atoms in total. The van der Waals surface area contributed by atoms with Crippen molar-refractivity contribution in [3.63, 3.8) is 0 Å². The highest BCUT2D eigenvalue weighted by molar-refractivity contribution is 5.81. The number of carbonyl (C=O) groups excluding carboxylic acids is 1. The van der Waals surface area contributed by atoms with E-state index in [9.17, 15) is 9.90 Å². The van der Waals surface area contributed by atoms with E-state index >= 15 is 0 Å². The Kier molecular flexibility index (Phi) is 6.09. The van der Waals surface area contributed by atoms with E-state index in [1.54, 1.807) is 0 Å². The van der Waals surface area contributed by atoms with Crippen LogP contribution in [-0.2, 0) is 4.79 Å². The second kappa shape index (κ2) is 7.10. The van der Waals surface area contributed by atoms with Gasteiger partial charge in [-0.15, -0.1) is 0 Å². The molecular formula is C14H28N2O2. The summed E-state index contributed by atoms with van der Waals surface area (Å²) in [4.78, 5) is 11.8. The molecule has 1 aliphatic carbocycles. The molecule has 0 heterocycles. The number of rotatable bonds is 6. The van der Waals surface area contributed by atoms with E-state index in [1.807, 2.05) is 20.8 Å². The lowest BCUT2D eigenvalue weighted by molar-refractivity contribution is -0.123. The normalized spacial score (nSPS) is 20.7. The highest BCUT2D eigenvalue weighted by atomic mass is 16.3. The summed E-state index contributed by atoms with van der Waals surface area (Å²) < 4.78 is 0. The Morgan fingerprint density at radius 2 is 1.83 bits per heavy atom. The molecule has 0 saturated heterocycles. The molecule has 1 fully saturated rings. The fourth-order valence-corrected chi connectivity index (χ4v) is 2.56. The van der Waals surface area contributed by atoms with E-state index in [1.165, 1.54) is 19.3 Å². The number of nitrogens with one attached hydrogen (secondary N) is 2. The maximum absolute atomic E-state index is 11.8. The molecule has 1 amide bonds. The van der Waals surface area contributed by atoms with Gasteiger partial charge in [0.1, 0.15) is 0 Å². The SMILES string of the molecule is CC(C)NC(=O)C(C)NCC1(CO)CCCCC1. The second-order valence-electron chi connectivity index (χ2n) is 5.98. The highest BCUT2D eigenvalue weighted by Crippen LogP contribution is 2.35. The number of hydrogen-bond donors (Lipinski definition) is 3. The molecule has 1 rings (SSSR count). The van der Waals surface area contributed by atoms with Crippen molar-refractivity contribution in [2.24, 2.45) is 5.41 Å². The van der Waals surface area contributed by atoms with E-state index in [0.717, 1.165) is 19.4 Å². The molecule has 0 aromatic carbocycles. The minimum atomic E-state index is -0.197. The molecule has 106 valence electrons. The molecule has 1 aliphatic rings. The van der Waals surface area contributed by atoms with Crippen LogP contribution in [0.5, 0.6) is 0 Å². The molecule has 0 spiro atoms. The van der Waals surface area contributed by atoms with Crippen LogP contribution >= 0.6 is 0 Å². The summed E-state index contributed by atoms with van der Waals surface area (Å²) in [5.74, 6) is 0.0360. The maximum Gasteiger partial charge on any atom is 0.237 e. The number of amides is 1. The van der Waals surface area contributed by atoms with Gasteiger partial charge < -0.3 is 15.7 Å². The van der Waals surface area contributed by atoms with E-state index in [2.05, 4.69) is 10.6 Å². The van der Waals surface area contributed by atoms with Gasteiger partial charge in [-0.3, -0.25) is 4.79 Å². The van der Waals surface area contributed by atoms with E-state index < -0.39 is 0 Å². The number of aliphatic hydroxyl groups excluding tert-OH is 1. The van der Waals surface area contributed by atoms with Crippen LogP contribution in [0, 0.1) is 5.41 Å². The second-order valence-corrected chi connectivity index (χ2v) is 5.98. The van der Waals surface area contributed by atoms with Gasteiger partial charge in [-0.25, -0.2) is 0 Å². The van der Waals surface area contributed by atoms with Crippen molar-refractivity contribution in [2.75, 3.05) is 13.2 Å². The Morgan fingerprint density at radius 3 is 2.33 bits per heavy atom. The van der Waals surface area contributed by atoms with Gasteiger partial charge in [0.2, 0.25) is 5.91 Å². The van der Waals surface area contributed by atoms with Crippen LogP contribution in [0.1, 0.15) is 52.9 Å². The summed E-state index contributed by atoms with van der Waals surface area (Å²) in [7, 11) is 0. The zero-order valence-corrected chi connectivity index (χ0v) is 12.0. The first-order valence-corrected chi connectivity index (χ1v) is 7.14. The lowest BCUT2D eigenvalue weighted by atomic mass is 9.74. The third-order valence-corrected chi connectivity index (χ3v) is 3.86. The Bertz CT molecular complexity index is 261. The fraction of sp³-hybridized carbons (Fsp3) is 0.929. The van der Waals surface area contributed by atoms with Crippen molar-refractivity contribution in [1.29, 1.82) is 0 Å². The number of hydrogen-bond acceptors (Lipinski definition) is 3. The first-order valence-electron chi connectivity index (χ1n) is 7.14. The average Bonchev–Trinajstić information content (AvgIpc) is 2.36. The van der Waals surface area contributed by atoms with Crippen LogP contribution in [0.2, 0.25) is 0 Å². The van der Waals surface area contributed by atoms with Crippen LogP contribution in [-0.4, -0.2) is 36.2 Å². The zero-order valence-electron chi connectivity index (χ0n) is 12.0. The predicted octanol–water partition coefficient (Wildman–Crippen LogP) is 1.43. The van der Waals surface area contributed by atoms with Gasteiger partial charge in [0.05, 0.1) is 6.04 Å². The predicted molar refractivity (Wildman–Crippen MR) is 73.3 cm³/mol. The van der Waals surface area contributed by atoms with Crippen molar-refractivity contribution in [1.82, 2.24) is 10.6 Å². The van der Waals surface area contributed by atoms with Gasteiger partial charge in [-0.1, -0.05) is 19.3 Å². The largest absolute Gasteiger partial charge is 0.396 e. The Morgan fingerprint density at radius 1 is 1.22 bits per heavy atom. The van der Waals surface area contributed by atoms with E-state index in [-0.39, 0.29) is 30.0 Å². The van der Waals surface area contributed by atoms with Crippen LogP contribution in [0.4, 0.5) is 0 Å². The summed E-state index contributed by atoms with van der Waals surface area (Å²) in [5, 5.41) is 15.8. The minimum absolute atomic E-state index is 0.00930. The van der Waals surface area contributed by atoms with E-state index in [4.69, 9.17) is 0 Å². The van der Waals surface area contributed by atoms with Crippen molar-refractivity contribution in [3.8, 4) is 0 Å². The number of aliphatic hydroxyl groups is 1. The minimum Gasteiger partial charge on any atom is -0.396 e. The van der Waals surface area contributed by atoms with Gasteiger partial charge >= 0.3 is 0 Å². The summed E-state index contributed by atoms with van der Waals surface area (Å²) in [6.45, 7) is 6.75. The first kappa shape index (κ1) is 15.4. The topological polar surface area (TPSA) is 61.4 Å². The van der Waals surface area contributed by atoms with Gasteiger partial charge in [0.15, 0.2) is 0 Å². The maximum atomic E-state index is 11.8. The molecule has 0 radical (unpaired) electrons. The summed E-state index contributed by atoms with van der Waals surface area (Å²) >= 11 is 0. The lowest BCUT2D eigenvalue weighted by Crippen LogP contribution is -2.49. The molecule has 3 N–H and O–H groups in total. The van der Waals surface area contributed by atoms with Gasteiger partial charge in [0, 0.05) is 24.6 Å². The van der Waals surface area contributed by atoms with Gasteiger partial charge in [-0.2, -0.15) is 0 Å². The molecule has 0 aromatic rings. The summed E-state index contributed by atoms with van der Waals surface area (Å²) in [5.41, 5.74) is -0.00930. The van der Waals surface area contributed by atoms with Crippen LogP contribution in [0.3, 0.4) is 0 Å². The molecule has 1 unspecified atom stereocenters. The first-order chi connectivity index (χ1) is 8.49. The lowest BCUT2D eigenvalue weighted by Gasteiger charge is -2.36. The Labute approximate surface area is 111 Å². The molecule has 0 bridgehead atoms. The smallest absolute Gasteiger partial charge is 0.237 e. The van der Waals surface area contributed by atoms with E-state index in [0.29, 0.717) is 0 Å². The molecule has 18 heavy (non-hydrogen) atoms. The molecule has 0 aliphatic heterocycles. The molecular weight excluding hydrogens is 228 g/mol. The summed E-state index contributed by atoms with van der Waals surface area (Å²) in [6, 6.07) is -0.0269. The third-order valence-electron chi connectivity index (χ3n) is 3.86. The standard InChI is InChI=1S/C14H28N2O2/c1-11(2)16-13(18)12(3)15-9-14(10-17)7-5-4-6-8-14/h11-12,15,17H,4-10H2,1-3H3,(H,16,18). The fourth-order valence-electron chi connectivity index (χ4n) is 2.56. The third kappa shape index (κ3) is 4.58. The Balaban J connectivity index is 2.40. The molecule has 4 heteroatoms. The average molecular weight is 256 g/mol. The van der Waals surface area contributed by atoms with Crippen LogP contribution in [0.25, 0.3) is 0 Å². The summed E-state index contributed by atoms with van der Waals surface area (Å²) in [6.07, 6.45) is 5.78. The van der Waals surface area contributed by atoms with Crippen molar-refractivity contribution in [3.05, 3.63) is 0 Å². The van der Waals surface area contributed by atoms with Crippen molar-refractivity contribution in [2.45, 2.75) is 65.0 Å². The van der Waals surface area contributed by atoms with Crippen molar-refractivity contribution < 1.29 is 9.90 Å². The van der Waals surface area contributed by atoms with Crippen LogP contribution in [0.15, 0.2) is 0 Å². The molecule has 1 saturated carbocycles. The Hall–Kier alpha value is -0.610. The monoisotopic (exact) mass is 256 g/mol. The van der Waals surface area contributed by atoms with Crippen molar-refractivity contribution >= 4 is 5.91 Å². The van der Waals surface area contributed by atoms with Gasteiger partial charge in [0.25, 0.3) is 0 Å². The number of carbonyl (C=O) groups is 1. The molecule has 1 atom stereocenters. The quantitative estimate of drug-likeness (QED) is 0.674. The van der Waals surface area contributed by atoms with Crippen LogP contribution < -0.4 is 10.6 Å². The highest BCUT2D eigenvalue weighted by Gasteiger charge is 2.31.